The van der Waals surface area contributed by atoms with E-state index in [-0.39, 0.29) is 11.7 Å². The standard InChI is InChI=1S/C18H23FN4O/c1-14-12-21-23(13-14)10-4-7-20-18(24)15-5-6-17(16(19)11-15)22-8-2-3-9-22/h5-6,11-13H,2-4,7-10H2,1H3,(H,20,24). The van der Waals surface area contributed by atoms with Crippen molar-refractivity contribution in [3.05, 3.63) is 47.5 Å². The Balaban J connectivity index is 1.50. The van der Waals surface area contributed by atoms with Gasteiger partial charge in [-0.05, 0) is 49.9 Å². The number of nitrogens with one attached hydrogen (secondary N) is 1. The van der Waals surface area contributed by atoms with Gasteiger partial charge in [0, 0.05) is 37.9 Å². The predicted molar refractivity (Wildman–Crippen MR) is 91.8 cm³/mol. The minimum Gasteiger partial charge on any atom is -0.369 e. The van der Waals surface area contributed by atoms with Crippen molar-refractivity contribution in [2.24, 2.45) is 0 Å². The van der Waals surface area contributed by atoms with Crippen LogP contribution in [0.1, 0.15) is 35.2 Å². The van der Waals surface area contributed by atoms with E-state index in [2.05, 4.69) is 10.4 Å². The van der Waals surface area contributed by atoms with E-state index in [1.807, 2.05) is 28.9 Å². The van der Waals surface area contributed by atoms with Gasteiger partial charge in [0.2, 0.25) is 0 Å². The zero-order valence-electron chi connectivity index (χ0n) is 14.0. The van der Waals surface area contributed by atoms with Crippen molar-refractivity contribution in [2.75, 3.05) is 24.5 Å². The van der Waals surface area contributed by atoms with Crippen molar-refractivity contribution in [1.29, 1.82) is 0 Å². The van der Waals surface area contributed by atoms with Crippen LogP contribution in [0.5, 0.6) is 0 Å². The highest BCUT2D eigenvalue weighted by molar-refractivity contribution is 5.94. The second-order valence-corrected chi connectivity index (χ2v) is 6.25. The van der Waals surface area contributed by atoms with Crippen LogP contribution in [0.3, 0.4) is 0 Å². The molecule has 1 amide bonds. The summed E-state index contributed by atoms with van der Waals surface area (Å²) in [6.45, 7) is 5.04. The molecule has 1 aliphatic rings. The summed E-state index contributed by atoms with van der Waals surface area (Å²) in [5.41, 5.74) is 2.08. The van der Waals surface area contributed by atoms with Crippen LogP contribution in [0.15, 0.2) is 30.6 Å². The van der Waals surface area contributed by atoms with Gasteiger partial charge in [-0.3, -0.25) is 9.48 Å². The highest BCUT2D eigenvalue weighted by Gasteiger charge is 2.17. The Morgan fingerprint density at radius 3 is 2.79 bits per heavy atom. The van der Waals surface area contributed by atoms with Gasteiger partial charge in [0.15, 0.2) is 0 Å². The lowest BCUT2D eigenvalue weighted by Crippen LogP contribution is -2.26. The van der Waals surface area contributed by atoms with Gasteiger partial charge >= 0.3 is 0 Å². The molecular weight excluding hydrogens is 307 g/mol. The molecule has 0 spiro atoms. The van der Waals surface area contributed by atoms with Gasteiger partial charge < -0.3 is 10.2 Å². The maximum Gasteiger partial charge on any atom is 0.251 e. The fraction of sp³-hybridized carbons (Fsp3) is 0.444. The van der Waals surface area contributed by atoms with Crippen molar-refractivity contribution in [3.8, 4) is 0 Å². The van der Waals surface area contributed by atoms with Crippen LogP contribution < -0.4 is 10.2 Å². The number of carbonyl (C=O) groups excluding carboxylic acids is 1. The Kier molecular flexibility index (Phi) is 5.13. The summed E-state index contributed by atoms with van der Waals surface area (Å²) >= 11 is 0. The van der Waals surface area contributed by atoms with Crippen molar-refractivity contribution < 1.29 is 9.18 Å². The van der Waals surface area contributed by atoms with Crippen LogP contribution in [-0.2, 0) is 6.54 Å². The monoisotopic (exact) mass is 330 g/mol. The second-order valence-electron chi connectivity index (χ2n) is 6.25. The maximum atomic E-state index is 14.2. The molecule has 0 aliphatic carbocycles. The molecule has 1 aromatic heterocycles. The van der Waals surface area contributed by atoms with Crippen molar-refractivity contribution in [2.45, 2.75) is 32.7 Å². The van der Waals surface area contributed by atoms with Crippen LogP contribution in [0.2, 0.25) is 0 Å². The molecule has 0 bridgehead atoms. The van der Waals surface area contributed by atoms with Gasteiger partial charge in [-0.2, -0.15) is 5.10 Å². The molecule has 2 heterocycles. The number of carbonyl (C=O) groups is 1. The number of rotatable bonds is 6. The summed E-state index contributed by atoms with van der Waals surface area (Å²) in [6.07, 6.45) is 6.74. The molecule has 6 heteroatoms. The van der Waals surface area contributed by atoms with E-state index < -0.39 is 0 Å². The molecule has 1 aliphatic heterocycles. The molecule has 5 nitrogen and oxygen atoms in total. The zero-order chi connectivity index (χ0) is 16.9. The molecular formula is C18H23FN4O. The minimum atomic E-state index is -0.323. The summed E-state index contributed by atoms with van der Waals surface area (Å²) in [5, 5.41) is 7.03. The van der Waals surface area contributed by atoms with Crippen molar-refractivity contribution in [1.82, 2.24) is 15.1 Å². The predicted octanol–water partition coefficient (Wildman–Crippen LogP) is 2.75. The molecule has 128 valence electrons. The van der Waals surface area contributed by atoms with E-state index in [1.165, 1.54) is 6.07 Å². The lowest BCUT2D eigenvalue weighted by atomic mass is 10.1. The third-order valence-electron chi connectivity index (χ3n) is 4.27. The normalized spacial score (nSPS) is 14.2. The SMILES string of the molecule is Cc1cnn(CCCNC(=O)c2ccc(N3CCCC3)c(F)c2)c1. The van der Waals surface area contributed by atoms with Gasteiger partial charge in [-0.1, -0.05) is 0 Å². The van der Waals surface area contributed by atoms with E-state index in [1.54, 1.807) is 12.1 Å². The Labute approximate surface area is 141 Å². The number of nitrogens with zero attached hydrogens (tertiary/aromatic N) is 3. The molecule has 1 saturated heterocycles. The Morgan fingerprint density at radius 1 is 1.33 bits per heavy atom. The second kappa shape index (κ2) is 7.47. The summed E-state index contributed by atoms with van der Waals surface area (Å²) in [4.78, 5) is 14.2. The topological polar surface area (TPSA) is 50.2 Å². The largest absolute Gasteiger partial charge is 0.369 e. The van der Waals surface area contributed by atoms with E-state index in [9.17, 15) is 9.18 Å². The van der Waals surface area contributed by atoms with Gasteiger partial charge in [0.05, 0.1) is 11.9 Å². The number of aromatic nitrogens is 2. The molecule has 0 unspecified atom stereocenters. The van der Waals surface area contributed by atoms with Gasteiger partial charge in [0.25, 0.3) is 5.91 Å². The maximum absolute atomic E-state index is 14.2. The van der Waals surface area contributed by atoms with Crippen LogP contribution in [0, 0.1) is 12.7 Å². The summed E-state index contributed by atoms with van der Waals surface area (Å²) in [7, 11) is 0. The van der Waals surface area contributed by atoms with Crippen LogP contribution in [0.4, 0.5) is 10.1 Å². The fourth-order valence-corrected chi connectivity index (χ4v) is 3.00. The average molecular weight is 330 g/mol. The lowest BCUT2D eigenvalue weighted by Gasteiger charge is -2.18. The number of halogens is 1. The first kappa shape index (κ1) is 16.5. The average Bonchev–Trinajstić information content (AvgIpc) is 3.23. The number of hydrogen-bond donors (Lipinski definition) is 1. The molecule has 24 heavy (non-hydrogen) atoms. The number of amides is 1. The third-order valence-corrected chi connectivity index (χ3v) is 4.27. The Morgan fingerprint density at radius 2 is 2.12 bits per heavy atom. The molecule has 1 aromatic carbocycles. The van der Waals surface area contributed by atoms with Crippen molar-refractivity contribution in [3.63, 3.8) is 0 Å². The summed E-state index contributed by atoms with van der Waals surface area (Å²) in [5.74, 6) is -0.560. The molecule has 3 rings (SSSR count). The zero-order valence-corrected chi connectivity index (χ0v) is 14.0. The molecule has 1 fully saturated rings. The number of anilines is 1. The minimum absolute atomic E-state index is 0.237. The number of aryl methyl sites for hydroxylation is 2. The van der Waals surface area contributed by atoms with Crippen LogP contribution in [-0.4, -0.2) is 35.3 Å². The quantitative estimate of drug-likeness (QED) is 0.829. The highest BCUT2D eigenvalue weighted by Crippen LogP contribution is 2.24. The smallest absolute Gasteiger partial charge is 0.251 e. The summed E-state index contributed by atoms with van der Waals surface area (Å²) < 4.78 is 16.1. The molecule has 0 atom stereocenters. The van der Waals surface area contributed by atoms with E-state index in [4.69, 9.17) is 0 Å². The van der Waals surface area contributed by atoms with E-state index in [0.717, 1.165) is 44.5 Å². The number of benzene rings is 1. The Hall–Kier alpha value is -2.37. The highest BCUT2D eigenvalue weighted by atomic mass is 19.1. The Bertz CT molecular complexity index is 707. The first-order valence-electron chi connectivity index (χ1n) is 8.45. The van der Waals surface area contributed by atoms with Crippen LogP contribution >= 0.6 is 0 Å². The van der Waals surface area contributed by atoms with E-state index in [0.29, 0.717) is 17.8 Å². The molecule has 0 radical (unpaired) electrons. The van der Waals surface area contributed by atoms with Crippen molar-refractivity contribution >= 4 is 11.6 Å². The third kappa shape index (κ3) is 3.93. The molecule has 1 N–H and O–H groups in total. The molecule has 2 aromatic rings. The van der Waals surface area contributed by atoms with Gasteiger partial charge in [-0.15, -0.1) is 0 Å². The molecule has 0 saturated carbocycles. The first-order chi connectivity index (χ1) is 11.6. The lowest BCUT2D eigenvalue weighted by molar-refractivity contribution is 0.0952. The fourth-order valence-electron chi connectivity index (χ4n) is 3.00. The van der Waals surface area contributed by atoms with Gasteiger partial charge in [-0.25, -0.2) is 4.39 Å². The van der Waals surface area contributed by atoms with Gasteiger partial charge in [0.1, 0.15) is 5.82 Å². The van der Waals surface area contributed by atoms with Crippen LogP contribution in [0.25, 0.3) is 0 Å². The summed E-state index contributed by atoms with van der Waals surface area (Å²) in [6, 6.07) is 4.74. The number of hydrogen-bond acceptors (Lipinski definition) is 3. The van der Waals surface area contributed by atoms with E-state index >= 15 is 0 Å². The first-order valence-corrected chi connectivity index (χ1v) is 8.45.